The normalized spacial score (nSPS) is 11.5. The molecule has 1 aromatic heterocycles. The molecular weight excluding hydrogens is 276 g/mol. The molecule has 1 heterocycles. The van der Waals surface area contributed by atoms with Crippen LogP contribution in [0, 0.1) is 10.1 Å². The Balaban J connectivity index is 2.22. The van der Waals surface area contributed by atoms with Crippen LogP contribution in [-0.4, -0.2) is 54.1 Å². The van der Waals surface area contributed by atoms with Gasteiger partial charge in [-0.3, -0.25) is 10.1 Å². The highest BCUT2D eigenvalue weighted by atomic mass is 16.7. The first kappa shape index (κ1) is 16.8. The fourth-order valence-electron chi connectivity index (χ4n) is 1.61. The Morgan fingerprint density at radius 3 is 3.00 bits per heavy atom. The molecule has 0 radical (unpaired) electrons. The molecule has 0 fully saturated rings. The van der Waals surface area contributed by atoms with E-state index in [2.05, 4.69) is 15.7 Å². The summed E-state index contributed by atoms with van der Waals surface area (Å²) in [5.74, 6) is 0.368. The molecule has 1 aromatic rings. The number of rotatable bonds is 10. The smallest absolute Gasteiger partial charge is 0.274 e. The van der Waals surface area contributed by atoms with Gasteiger partial charge in [0.2, 0.25) is 0 Å². The topological polar surface area (TPSA) is 97.5 Å². The summed E-state index contributed by atoms with van der Waals surface area (Å²) < 4.78 is 0. The van der Waals surface area contributed by atoms with Gasteiger partial charge in [0.1, 0.15) is 6.61 Å². The molecular formula is C12H22N6O3. The van der Waals surface area contributed by atoms with E-state index in [1.807, 2.05) is 25.2 Å². The average Bonchev–Trinajstić information content (AvgIpc) is 2.83. The fourth-order valence-corrected chi connectivity index (χ4v) is 1.61. The fraction of sp³-hybridized carbons (Fsp3) is 0.583. The van der Waals surface area contributed by atoms with Crippen molar-refractivity contribution in [2.75, 3.05) is 34.3 Å². The van der Waals surface area contributed by atoms with Crippen LogP contribution in [0.5, 0.6) is 0 Å². The zero-order valence-electron chi connectivity index (χ0n) is 12.6. The van der Waals surface area contributed by atoms with E-state index in [0.717, 1.165) is 18.3 Å². The Labute approximate surface area is 123 Å². The van der Waals surface area contributed by atoms with E-state index in [0.29, 0.717) is 25.4 Å². The van der Waals surface area contributed by atoms with Crippen LogP contribution in [0.4, 0.5) is 0 Å². The number of aromatic nitrogens is 2. The third-order valence-corrected chi connectivity index (χ3v) is 2.48. The van der Waals surface area contributed by atoms with Crippen molar-refractivity contribution in [2.24, 2.45) is 0 Å². The molecule has 0 amide bonds. The lowest BCUT2D eigenvalue weighted by Gasteiger charge is -2.08. The Hall–Kier alpha value is -2.29. The second-order valence-corrected chi connectivity index (χ2v) is 4.68. The Kier molecular flexibility index (Phi) is 7.02. The van der Waals surface area contributed by atoms with Gasteiger partial charge in [0, 0.05) is 32.1 Å². The van der Waals surface area contributed by atoms with Gasteiger partial charge in [0.15, 0.2) is 5.82 Å². The van der Waals surface area contributed by atoms with Crippen LogP contribution in [-0.2, 0) is 6.54 Å². The quantitative estimate of drug-likeness (QED) is 0.346. The van der Waals surface area contributed by atoms with Crippen LogP contribution < -0.4 is 15.5 Å². The molecule has 9 nitrogen and oxygen atoms in total. The van der Waals surface area contributed by atoms with E-state index >= 15 is 0 Å². The van der Waals surface area contributed by atoms with Crippen molar-refractivity contribution in [3.05, 3.63) is 40.1 Å². The molecule has 0 aliphatic carbocycles. The van der Waals surface area contributed by atoms with Gasteiger partial charge in [-0.2, -0.15) is 0 Å². The molecule has 0 saturated carbocycles. The van der Waals surface area contributed by atoms with E-state index in [4.69, 9.17) is 4.84 Å². The molecule has 0 atom stereocenters. The van der Waals surface area contributed by atoms with Crippen molar-refractivity contribution in [1.29, 1.82) is 0 Å². The molecule has 0 aliphatic heterocycles. The summed E-state index contributed by atoms with van der Waals surface area (Å²) in [7, 11) is 5.60. The van der Waals surface area contributed by atoms with Gasteiger partial charge < -0.3 is 20.4 Å². The summed E-state index contributed by atoms with van der Waals surface area (Å²) in [4.78, 5) is 18.7. The van der Waals surface area contributed by atoms with Crippen molar-refractivity contribution >= 4 is 0 Å². The molecule has 0 spiro atoms. The first-order chi connectivity index (χ1) is 10.0. The number of nitro groups is 1. The number of hydrogen-bond donors (Lipinski definition) is 2. The second kappa shape index (κ2) is 8.80. The monoisotopic (exact) mass is 298 g/mol. The molecule has 1 rings (SSSR count). The lowest BCUT2D eigenvalue weighted by molar-refractivity contribution is -0.404. The summed E-state index contributed by atoms with van der Waals surface area (Å²) in [5, 5.41) is 20.0. The van der Waals surface area contributed by atoms with Gasteiger partial charge in [0.25, 0.3) is 6.20 Å². The molecule has 0 unspecified atom stereocenters. The summed E-state index contributed by atoms with van der Waals surface area (Å²) >= 11 is 0. The Bertz CT molecular complexity index is 471. The maximum Gasteiger partial charge on any atom is 0.274 e. The third kappa shape index (κ3) is 7.16. The number of hydrogen-bond acceptors (Lipinski definition) is 7. The second-order valence-electron chi connectivity index (χ2n) is 4.68. The van der Waals surface area contributed by atoms with Crippen LogP contribution in [0.3, 0.4) is 0 Å². The standard InChI is InChI=1S/C12H22N6O3/c1-13-12(10-18(19)20)14-5-4-6-21-17-9-11(7-15-17)8-16(2)3/h7,9-10,13-14H,4-6,8H2,1-3H3. The molecule has 2 N–H and O–H groups in total. The van der Waals surface area contributed by atoms with E-state index in [1.54, 1.807) is 13.2 Å². The van der Waals surface area contributed by atoms with Crippen LogP contribution >= 0.6 is 0 Å². The summed E-state index contributed by atoms with van der Waals surface area (Å²) in [6, 6.07) is 0. The molecule has 0 aromatic carbocycles. The van der Waals surface area contributed by atoms with Gasteiger partial charge in [-0.05, 0) is 14.1 Å². The molecule has 21 heavy (non-hydrogen) atoms. The average molecular weight is 298 g/mol. The van der Waals surface area contributed by atoms with Crippen molar-refractivity contribution in [3.63, 3.8) is 0 Å². The first-order valence-electron chi connectivity index (χ1n) is 6.59. The van der Waals surface area contributed by atoms with Crippen molar-refractivity contribution in [3.8, 4) is 0 Å². The van der Waals surface area contributed by atoms with Gasteiger partial charge in [-0.1, -0.05) is 0 Å². The highest BCUT2D eigenvalue weighted by molar-refractivity contribution is 5.02. The first-order valence-corrected chi connectivity index (χ1v) is 6.59. The van der Waals surface area contributed by atoms with Crippen LogP contribution in [0.2, 0.25) is 0 Å². The Morgan fingerprint density at radius 1 is 1.62 bits per heavy atom. The number of nitrogens with zero attached hydrogens (tertiary/aromatic N) is 4. The highest BCUT2D eigenvalue weighted by Gasteiger charge is 2.01. The third-order valence-electron chi connectivity index (χ3n) is 2.48. The van der Waals surface area contributed by atoms with Gasteiger partial charge in [0.05, 0.1) is 17.3 Å². The summed E-state index contributed by atoms with van der Waals surface area (Å²) in [6.07, 6.45) is 5.18. The van der Waals surface area contributed by atoms with Crippen molar-refractivity contribution in [2.45, 2.75) is 13.0 Å². The predicted octanol–water partition coefficient (Wildman–Crippen LogP) is -0.352. The molecule has 0 aliphatic rings. The molecule has 0 saturated heterocycles. The zero-order chi connectivity index (χ0) is 15.7. The van der Waals surface area contributed by atoms with Crippen LogP contribution in [0.1, 0.15) is 12.0 Å². The van der Waals surface area contributed by atoms with E-state index in [9.17, 15) is 10.1 Å². The minimum atomic E-state index is -0.509. The lowest BCUT2D eigenvalue weighted by atomic mass is 10.3. The van der Waals surface area contributed by atoms with Gasteiger partial charge in [-0.25, -0.2) is 0 Å². The summed E-state index contributed by atoms with van der Waals surface area (Å²) in [5.41, 5.74) is 1.07. The highest BCUT2D eigenvalue weighted by Crippen LogP contribution is 1.99. The van der Waals surface area contributed by atoms with Crippen molar-refractivity contribution < 1.29 is 9.76 Å². The summed E-state index contributed by atoms with van der Waals surface area (Å²) in [6.45, 7) is 1.83. The molecule has 118 valence electrons. The largest absolute Gasteiger partial charge is 0.397 e. The van der Waals surface area contributed by atoms with Crippen LogP contribution in [0.25, 0.3) is 0 Å². The molecule has 9 heteroatoms. The van der Waals surface area contributed by atoms with E-state index < -0.39 is 4.92 Å². The molecule has 0 bridgehead atoms. The maximum atomic E-state index is 10.3. The number of nitrogens with one attached hydrogen (secondary N) is 2. The van der Waals surface area contributed by atoms with Crippen molar-refractivity contribution in [1.82, 2.24) is 25.5 Å². The zero-order valence-corrected chi connectivity index (χ0v) is 12.6. The lowest BCUT2D eigenvalue weighted by Crippen LogP contribution is -2.27. The van der Waals surface area contributed by atoms with E-state index in [1.165, 1.54) is 4.85 Å². The van der Waals surface area contributed by atoms with Gasteiger partial charge in [-0.15, -0.1) is 9.94 Å². The maximum absolute atomic E-state index is 10.3. The minimum Gasteiger partial charge on any atom is -0.397 e. The SMILES string of the molecule is CNC(=C[N+](=O)[O-])NCCCOn1cc(CN(C)C)cn1. The Morgan fingerprint density at radius 2 is 2.38 bits per heavy atom. The van der Waals surface area contributed by atoms with Gasteiger partial charge >= 0.3 is 0 Å². The van der Waals surface area contributed by atoms with Crippen LogP contribution in [0.15, 0.2) is 24.4 Å². The predicted molar refractivity (Wildman–Crippen MR) is 77.8 cm³/mol. The van der Waals surface area contributed by atoms with E-state index in [-0.39, 0.29) is 0 Å². The minimum absolute atomic E-state index is 0.368.